The monoisotopic (exact) mass is 373 g/mol. The van der Waals surface area contributed by atoms with Crippen LogP contribution in [-0.4, -0.2) is 51.4 Å². The molecule has 4 atom stereocenters. The Hall–Kier alpha value is 0.290. The quantitative estimate of drug-likeness (QED) is 0.462. The number of hydrogen-bond donors (Lipinski definition) is 5. The van der Waals surface area contributed by atoms with Crippen molar-refractivity contribution in [3.05, 3.63) is 34.0 Å². The predicted molar refractivity (Wildman–Crippen MR) is 99.3 cm³/mol. The molecule has 1 aliphatic carbocycles. The number of nitrogens with one attached hydrogen (secondary N) is 1. The molecule has 0 aliphatic heterocycles. The highest BCUT2D eigenvalue weighted by atomic mass is 32.1. The van der Waals surface area contributed by atoms with Crippen LogP contribution in [0.3, 0.4) is 0 Å². The van der Waals surface area contributed by atoms with Gasteiger partial charge in [0, 0.05) is 11.4 Å². The van der Waals surface area contributed by atoms with Crippen molar-refractivity contribution in [1.82, 2.24) is 5.32 Å². The van der Waals surface area contributed by atoms with E-state index in [-0.39, 0.29) is 47.1 Å². The minimum atomic E-state index is -1.28. The molecule has 0 aromatic carbocycles. The molecule has 5 nitrogen and oxygen atoms in total. The third-order valence-electron chi connectivity index (χ3n) is 3.09. The van der Waals surface area contributed by atoms with Crippen LogP contribution in [-0.2, 0) is 6.54 Å². The second-order valence-electron chi connectivity index (χ2n) is 4.31. The highest BCUT2D eigenvalue weighted by Gasteiger charge is 2.36. The van der Waals surface area contributed by atoms with Gasteiger partial charge < -0.3 is 25.7 Å². The van der Waals surface area contributed by atoms with Crippen molar-refractivity contribution in [3.8, 4) is 0 Å². The summed E-state index contributed by atoms with van der Waals surface area (Å²) in [7, 11) is 0. The first-order chi connectivity index (χ1) is 8.63. The summed E-state index contributed by atoms with van der Waals surface area (Å²) in [5.74, 6) is 0. The van der Waals surface area contributed by atoms with Gasteiger partial charge in [-0.05, 0) is 17.0 Å². The highest BCUT2D eigenvalue weighted by Crippen LogP contribution is 2.20. The van der Waals surface area contributed by atoms with E-state index < -0.39 is 24.4 Å². The molecule has 0 fully saturated rings. The normalized spacial score (nSPS) is 27.7. The molecule has 0 saturated carbocycles. The summed E-state index contributed by atoms with van der Waals surface area (Å²) in [6.07, 6.45) is -1.99. The van der Waals surface area contributed by atoms with Crippen molar-refractivity contribution in [1.29, 1.82) is 0 Å². The number of rotatable bonds is 4. The van der Waals surface area contributed by atoms with Gasteiger partial charge in [-0.25, -0.2) is 0 Å². The number of hydrogen-bond acceptors (Lipinski definition) is 6. The maximum Gasteiger partial charge on any atom is 0.111 e. The average Bonchev–Trinajstić information content (AvgIpc) is 2.88. The van der Waals surface area contributed by atoms with Gasteiger partial charge in [0.15, 0.2) is 0 Å². The molecule has 9 heteroatoms. The van der Waals surface area contributed by atoms with E-state index in [2.05, 4.69) is 5.32 Å². The molecule has 0 radical (unpaired) electrons. The van der Waals surface area contributed by atoms with Gasteiger partial charge in [-0.3, -0.25) is 0 Å². The molecule has 21 heavy (non-hydrogen) atoms. The van der Waals surface area contributed by atoms with Gasteiger partial charge >= 0.3 is 0 Å². The Labute approximate surface area is 149 Å². The molecule has 0 saturated heterocycles. The topological polar surface area (TPSA) is 93.0 Å². The lowest BCUT2D eigenvalue weighted by atomic mass is 9.88. The Morgan fingerprint density at radius 2 is 1.76 bits per heavy atom. The van der Waals surface area contributed by atoms with E-state index >= 15 is 0 Å². The van der Waals surface area contributed by atoms with Gasteiger partial charge in [0.05, 0.1) is 12.6 Å². The average molecular weight is 374 g/mol. The van der Waals surface area contributed by atoms with Gasteiger partial charge in [0.1, 0.15) is 18.3 Å². The first-order valence-electron chi connectivity index (χ1n) is 5.75. The van der Waals surface area contributed by atoms with E-state index in [1.165, 1.54) is 0 Å². The molecule has 2 rings (SSSR count). The van der Waals surface area contributed by atoms with Crippen molar-refractivity contribution in [2.24, 2.45) is 0 Å². The molecule has 5 N–H and O–H groups in total. The molecular formula is C12H23NO4S4. The first kappa shape index (κ1) is 23.6. The van der Waals surface area contributed by atoms with E-state index in [9.17, 15) is 15.3 Å². The van der Waals surface area contributed by atoms with Crippen LogP contribution in [0.4, 0.5) is 0 Å². The summed E-state index contributed by atoms with van der Waals surface area (Å²) in [5, 5.41) is 43.3. The zero-order valence-electron chi connectivity index (χ0n) is 11.2. The Kier molecular flexibility index (Phi) is 12.3. The molecule has 1 aliphatic rings. The van der Waals surface area contributed by atoms with Crippen LogP contribution in [0.1, 0.15) is 4.88 Å². The van der Waals surface area contributed by atoms with E-state index in [1.54, 1.807) is 17.4 Å². The highest BCUT2D eigenvalue weighted by molar-refractivity contribution is 7.59. The zero-order valence-corrected chi connectivity index (χ0v) is 15.0. The van der Waals surface area contributed by atoms with Crippen LogP contribution >= 0.6 is 51.8 Å². The molecule has 124 valence electrons. The molecule has 1 heterocycles. The molecular weight excluding hydrogens is 350 g/mol. The third kappa shape index (κ3) is 5.77. The molecule has 1 unspecified atom stereocenters. The summed E-state index contributed by atoms with van der Waals surface area (Å²) in [6.45, 7) is 0.236. The van der Waals surface area contributed by atoms with Crippen molar-refractivity contribution in [2.45, 2.75) is 30.9 Å². The van der Waals surface area contributed by atoms with Crippen LogP contribution in [0.15, 0.2) is 29.2 Å². The van der Waals surface area contributed by atoms with Gasteiger partial charge in [-0.15, -0.1) is 11.3 Å². The maximum atomic E-state index is 9.85. The third-order valence-corrected chi connectivity index (χ3v) is 3.97. The Morgan fingerprint density at radius 1 is 1.10 bits per heavy atom. The molecule has 0 amide bonds. The second kappa shape index (κ2) is 10.9. The lowest BCUT2D eigenvalue weighted by Crippen LogP contribution is -2.53. The van der Waals surface area contributed by atoms with Crippen molar-refractivity contribution in [2.75, 3.05) is 6.61 Å². The van der Waals surface area contributed by atoms with Gasteiger partial charge in [-0.2, -0.15) is 40.5 Å². The second-order valence-corrected chi connectivity index (χ2v) is 5.34. The largest absolute Gasteiger partial charge is 0.392 e. The summed E-state index contributed by atoms with van der Waals surface area (Å²) in [5.41, 5.74) is 0.330. The minimum Gasteiger partial charge on any atom is -0.392 e. The molecule has 1 aromatic rings. The van der Waals surface area contributed by atoms with Crippen LogP contribution < -0.4 is 5.32 Å². The van der Waals surface area contributed by atoms with E-state index in [4.69, 9.17) is 5.11 Å². The predicted octanol–water partition coefficient (Wildman–Crippen LogP) is -0.440. The Morgan fingerprint density at radius 3 is 2.29 bits per heavy atom. The number of aliphatic hydroxyl groups is 4. The smallest absolute Gasteiger partial charge is 0.111 e. The first-order valence-corrected chi connectivity index (χ1v) is 6.63. The van der Waals surface area contributed by atoms with Gasteiger partial charge in [-0.1, -0.05) is 12.1 Å². The lowest BCUT2D eigenvalue weighted by Gasteiger charge is -2.34. The van der Waals surface area contributed by atoms with Crippen molar-refractivity contribution >= 4 is 51.8 Å². The van der Waals surface area contributed by atoms with Crippen LogP contribution in [0.25, 0.3) is 0 Å². The summed E-state index contributed by atoms with van der Waals surface area (Å²) in [6, 6.07) is 3.43. The maximum absolute atomic E-state index is 9.85. The van der Waals surface area contributed by atoms with E-state index in [0.717, 1.165) is 4.88 Å². The van der Waals surface area contributed by atoms with Crippen molar-refractivity contribution < 1.29 is 20.4 Å². The lowest BCUT2D eigenvalue weighted by molar-refractivity contribution is -0.0643. The molecule has 0 bridgehead atoms. The van der Waals surface area contributed by atoms with E-state index in [1.807, 2.05) is 17.5 Å². The fourth-order valence-electron chi connectivity index (χ4n) is 2.00. The van der Waals surface area contributed by atoms with Crippen molar-refractivity contribution in [3.63, 3.8) is 0 Å². The fraction of sp³-hybridized carbons (Fsp3) is 0.500. The van der Waals surface area contributed by atoms with E-state index in [0.29, 0.717) is 12.1 Å². The number of thiophene rings is 1. The van der Waals surface area contributed by atoms with Crippen LogP contribution in [0, 0.1) is 0 Å². The molecule has 0 spiro atoms. The van der Waals surface area contributed by atoms with Gasteiger partial charge in [0.25, 0.3) is 0 Å². The minimum absolute atomic E-state index is 0. The zero-order chi connectivity index (χ0) is 13.1. The summed E-state index contributed by atoms with van der Waals surface area (Å²) in [4.78, 5) is 1.11. The molecule has 1 aromatic heterocycles. The standard InChI is InChI=1S/C12H17NO4S.3H2S/c14-6-7-4-9(11(16)12(17)10(7)15)13-5-8-2-1-3-18-8;;;/h1-4,9-17H,5-6H2;3*1H2/t9-,10+,11-,12?;;;/m0.../s1. The Bertz CT molecular complexity index is 415. The summed E-state index contributed by atoms with van der Waals surface area (Å²) < 4.78 is 0. The van der Waals surface area contributed by atoms with Gasteiger partial charge in [0.2, 0.25) is 0 Å². The van der Waals surface area contributed by atoms with Crippen LogP contribution in [0.5, 0.6) is 0 Å². The Balaban J connectivity index is 0. The SMILES string of the molecule is OCC1=C[C@H](NCc2cccs2)[C@H](O)C(O)[C@@H]1O.S.S.S. The van der Waals surface area contributed by atoms with Crippen LogP contribution in [0.2, 0.25) is 0 Å². The number of aliphatic hydroxyl groups excluding tert-OH is 4. The fourth-order valence-corrected chi connectivity index (χ4v) is 2.66. The summed E-state index contributed by atoms with van der Waals surface area (Å²) >= 11 is 1.59.